The Balaban J connectivity index is 1.93. The summed E-state index contributed by atoms with van der Waals surface area (Å²) in [4.78, 5) is 78.2. The van der Waals surface area contributed by atoms with Gasteiger partial charge in [0.25, 0.3) is 0 Å². The zero-order chi connectivity index (χ0) is 48.8. The Morgan fingerprint density at radius 1 is 0.343 bits per heavy atom. The van der Waals surface area contributed by atoms with E-state index >= 15 is 0 Å². The number of unbranched alkanes of at least 4 members (excludes halogenated alkanes) is 3. The minimum absolute atomic E-state index is 0.223. The second-order valence-corrected chi connectivity index (χ2v) is 16.7. The van der Waals surface area contributed by atoms with Crippen LogP contribution in [-0.4, -0.2) is 92.8 Å². The summed E-state index contributed by atoms with van der Waals surface area (Å²) in [5.41, 5.74) is 38.1. The molecule has 0 heterocycles. The maximum atomic E-state index is 13.5. The van der Waals surface area contributed by atoms with Crippen LogP contribution in [0.2, 0.25) is 0 Å². The number of nitrogens with one attached hydrogen (secondary N) is 6. The fourth-order valence-corrected chi connectivity index (χ4v) is 7.41. The maximum absolute atomic E-state index is 13.5. The van der Waals surface area contributed by atoms with Gasteiger partial charge in [-0.3, -0.25) is 28.8 Å². The van der Waals surface area contributed by atoms with Gasteiger partial charge in [0, 0.05) is 42.2 Å². The Hall–Kier alpha value is -5.76. The molecule has 3 rings (SSSR count). The third kappa shape index (κ3) is 20.7. The van der Waals surface area contributed by atoms with Crippen molar-refractivity contribution in [2.24, 2.45) is 34.4 Å². The van der Waals surface area contributed by atoms with E-state index in [0.29, 0.717) is 133 Å². The Morgan fingerprint density at radius 3 is 0.806 bits per heavy atom. The summed E-state index contributed by atoms with van der Waals surface area (Å²) in [6.07, 6.45) is 7.64. The second kappa shape index (κ2) is 32.0. The van der Waals surface area contributed by atoms with Crippen LogP contribution in [0.3, 0.4) is 0 Å². The molecule has 0 saturated heterocycles. The normalized spacial score (nSPS) is 12.4. The van der Waals surface area contributed by atoms with Crippen molar-refractivity contribution in [1.29, 1.82) is 0 Å². The van der Waals surface area contributed by atoms with Gasteiger partial charge in [-0.15, -0.1) is 0 Å². The lowest BCUT2D eigenvalue weighted by atomic mass is 9.85. The number of nitrogens with two attached hydrogens (primary N) is 6. The first-order valence-electron chi connectivity index (χ1n) is 23.8. The average Bonchev–Trinajstić information content (AvgIpc) is 3.32. The Morgan fingerprint density at radius 2 is 0.582 bits per heavy atom. The van der Waals surface area contributed by atoms with Crippen LogP contribution in [0.1, 0.15) is 119 Å². The molecule has 0 aliphatic rings. The molecule has 0 saturated carbocycles. The van der Waals surface area contributed by atoms with Crippen LogP contribution in [0.4, 0.5) is 17.1 Å². The standard InChI is InChI=1S/C49H76N12O6/c50-28-4-1-10-40(59-43(62)13-7-31-53)47(65)56-37-22-16-34(17-23-37)46(35-18-24-38(25-19-35)57-48(66)41(11-2-5-29-51)60-44(63)14-8-32-54)36-20-26-39(27-21-36)58-49(67)42(12-3-6-30-52)61-45(64)15-9-33-55/h16-27,40-42,46H,1-15,28-33,50-55H2,(H,56,65)(H,57,66)(H,58,67)(H,59,62)(H,60,63)(H,61,64)/t40-,41-,42-/m1/s1. The number of rotatable bonds is 33. The highest BCUT2D eigenvalue weighted by Crippen LogP contribution is 2.34. The monoisotopic (exact) mass is 929 g/mol. The van der Waals surface area contributed by atoms with Crippen LogP contribution in [0.5, 0.6) is 0 Å². The van der Waals surface area contributed by atoms with E-state index < -0.39 is 18.1 Å². The van der Waals surface area contributed by atoms with Crippen LogP contribution in [0.25, 0.3) is 0 Å². The molecule has 67 heavy (non-hydrogen) atoms. The highest BCUT2D eigenvalue weighted by Gasteiger charge is 2.25. The molecule has 0 aliphatic heterocycles. The van der Waals surface area contributed by atoms with Crippen molar-refractivity contribution in [1.82, 2.24) is 16.0 Å². The van der Waals surface area contributed by atoms with Gasteiger partial charge in [-0.2, -0.15) is 0 Å². The lowest BCUT2D eigenvalue weighted by Crippen LogP contribution is -2.44. The van der Waals surface area contributed by atoms with Crippen molar-refractivity contribution in [2.75, 3.05) is 55.2 Å². The van der Waals surface area contributed by atoms with Crippen molar-refractivity contribution in [3.05, 3.63) is 89.5 Å². The molecule has 3 aromatic carbocycles. The van der Waals surface area contributed by atoms with E-state index in [4.69, 9.17) is 34.4 Å². The van der Waals surface area contributed by atoms with Crippen LogP contribution in [0, 0.1) is 0 Å². The minimum atomic E-state index is -0.746. The van der Waals surface area contributed by atoms with E-state index in [1.54, 1.807) is 36.4 Å². The van der Waals surface area contributed by atoms with E-state index in [1.807, 2.05) is 36.4 Å². The molecule has 3 atom stereocenters. The number of hydrogen-bond donors (Lipinski definition) is 12. The van der Waals surface area contributed by atoms with Crippen molar-refractivity contribution < 1.29 is 28.8 Å². The van der Waals surface area contributed by atoms with Crippen LogP contribution < -0.4 is 66.3 Å². The van der Waals surface area contributed by atoms with Gasteiger partial charge in [0.15, 0.2) is 0 Å². The molecule has 0 aromatic heterocycles. The van der Waals surface area contributed by atoms with E-state index in [2.05, 4.69) is 31.9 Å². The van der Waals surface area contributed by atoms with Crippen molar-refractivity contribution in [3.8, 4) is 0 Å². The SMILES string of the molecule is NCCCC[C@@H](NC(=O)CCCN)C(=O)Nc1ccc(C(c2ccc(NC(=O)[C@@H](CCCCN)NC(=O)CCCN)cc2)c2ccc(NC(=O)[C@@H](CCCCN)NC(=O)CCCN)cc2)cc1. The van der Waals surface area contributed by atoms with E-state index in [-0.39, 0.29) is 60.6 Å². The highest BCUT2D eigenvalue weighted by atomic mass is 16.2. The summed E-state index contributed by atoms with van der Waals surface area (Å²) in [5, 5.41) is 17.4. The number of carbonyl (C=O) groups is 6. The molecule has 18 N–H and O–H groups in total. The fourth-order valence-electron chi connectivity index (χ4n) is 7.41. The van der Waals surface area contributed by atoms with Crippen molar-refractivity contribution >= 4 is 52.5 Å². The molecule has 0 aliphatic carbocycles. The largest absolute Gasteiger partial charge is 0.344 e. The zero-order valence-corrected chi connectivity index (χ0v) is 39.0. The summed E-state index contributed by atoms with van der Waals surface area (Å²) in [5.74, 6) is -2.10. The quantitative estimate of drug-likeness (QED) is 0.0310. The molecule has 368 valence electrons. The second-order valence-electron chi connectivity index (χ2n) is 16.7. The number of benzene rings is 3. The Kier molecular flexibility index (Phi) is 26.6. The molecule has 6 amide bonds. The van der Waals surface area contributed by atoms with Crippen LogP contribution in [0.15, 0.2) is 72.8 Å². The molecular formula is C49H76N12O6. The average molecular weight is 929 g/mol. The first-order chi connectivity index (χ1) is 32.5. The highest BCUT2D eigenvalue weighted by molar-refractivity contribution is 5.98. The van der Waals surface area contributed by atoms with Gasteiger partial charge in [0.05, 0.1) is 0 Å². The van der Waals surface area contributed by atoms with E-state index in [0.717, 1.165) is 16.7 Å². The molecule has 0 radical (unpaired) electrons. The Labute approximate surface area is 395 Å². The summed E-state index contributed by atoms with van der Waals surface area (Å²) >= 11 is 0. The summed E-state index contributed by atoms with van der Waals surface area (Å²) < 4.78 is 0. The van der Waals surface area contributed by atoms with Gasteiger partial charge < -0.3 is 66.3 Å². The Bertz CT molecular complexity index is 1730. The molecular weight excluding hydrogens is 853 g/mol. The number of carbonyl (C=O) groups excluding carboxylic acids is 6. The predicted molar refractivity (Wildman–Crippen MR) is 266 cm³/mol. The molecule has 0 spiro atoms. The van der Waals surface area contributed by atoms with Crippen molar-refractivity contribution in [2.45, 2.75) is 120 Å². The number of hydrogen-bond acceptors (Lipinski definition) is 12. The van der Waals surface area contributed by atoms with Gasteiger partial charge in [-0.05, 0) is 169 Å². The lowest BCUT2D eigenvalue weighted by molar-refractivity contribution is -0.126. The fraction of sp³-hybridized carbons (Fsp3) is 0.510. The van der Waals surface area contributed by atoms with Gasteiger partial charge in [0.2, 0.25) is 35.4 Å². The molecule has 18 nitrogen and oxygen atoms in total. The van der Waals surface area contributed by atoms with Gasteiger partial charge in [-0.1, -0.05) is 36.4 Å². The van der Waals surface area contributed by atoms with Crippen LogP contribution >= 0.6 is 0 Å². The predicted octanol–water partition coefficient (Wildman–Crippen LogP) is 2.74. The first-order valence-corrected chi connectivity index (χ1v) is 23.8. The third-order valence-electron chi connectivity index (χ3n) is 11.2. The maximum Gasteiger partial charge on any atom is 0.246 e. The van der Waals surface area contributed by atoms with Gasteiger partial charge in [-0.25, -0.2) is 0 Å². The molecule has 0 fully saturated rings. The summed E-state index contributed by atoms with van der Waals surface area (Å²) in [6, 6.07) is 20.0. The summed E-state index contributed by atoms with van der Waals surface area (Å²) in [6.45, 7) is 2.53. The van der Waals surface area contributed by atoms with E-state index in [1.165, 1.54) is 0 Å². The zero-order valence-electron chi connectivity index (χ0n) is 39.0. The minimum Gasteiger partial charge on any atom is -0.344 e. The topological polar surface area (TPSA) is 331 Å². The lowest BCUT2D eigenvalue weighted by Gasteiger charge is -2.22. The van der Waals surface area contributed by atoms with E-state index in [9.17, 15) is 28.8 Å². The van der Waals surface area contributed by atoms with Crippen molar-refractivity contribution in [3.63, 3.8) is 0 Å². The third-order valence-corrected chi connectivity index (χ3v) is 11.2. The molecule has 18 heteroatoms. The summed E-state index contributed by atoms with van der Waals surface area (Å²) in [7, 11) is 0. The smallest absolute Gasteiger partial charge is 0.246 e. The molecule has 0 bridgehead atoms. The number of anilines is 3. The van der Waals surface area contributed by atoms with Gasteiger partial charge in [0.1, 0.15) is 18.1 Å². The molecule has 0 unspecified atom stereocenters. The van der Waals surface area contributed by atoms with Gasteiger partial charge >= 0.3 is 0 Å². The van der Waals surface area contributed by atoms with Crippen LogP contribution in [-0.2, 0) is 28.8 Å². The first kappa shape index (κ1) is 55.6. The number of amides is 6. The molecule has 3 aromatic rings.